The Morgan fingerprint density at radius 2 is 2.09 bits per heavy atom. The second-order valence-electron chi connectivity index (χ2n) is 8.14. The van der Waals surface area contributed by atoms with Gasteiger partial charge in [-0.1, -0.05) is 42.4 Å². The molecule has 0 aliphatic carbocycles. The Labute approximate surface area is 198 Å². The average Bonchev–Trinajstić information content (AvgIpc) is 3.38. The van der Waals surface area contributed by atoms with Crippen LogP contribution in [-0.4, -0.2) is 47.1 Å². The molecule has 2 aromatic carbocycles. The largest absolute Gasteiger partial charge is 0.496 e. The Hall–Kier alpha value is -3.94. The van der Waals surface area contributed by atoms with Crippen molar-refractivity contribution in [3.63, 3.8) is 0 Å². The smallest absolute Gasteiger partial charge is 0.246 e. The molecular formula is C26H28N4O4. The van der Waals surface area contributed by atoms with E-state index in [9.17, 15) is 9.59 Å². The first-order valence-corrected chi connectivity index (χ1v) is 11.4. The number of nitrogens with one attached hydrogen (secondary N) is 1. The minimum absolute atomic E-state index is 0.0263. The summed E-state index contributed by atoms with van der Waals surface area (Å²) in [4.78, 5) is 30.9. The maximum atomic E-state index is 12.8. The number of benzene rings is 2. The van der Waals surface area contributed by atoms with Crippen LogP contribution in [0.2, 0.25) is 0 Å². The van der Waals surface area contributed by atoms with E-state index in [1.165, 1.54) is 0 Å². The zero-order valence-corrected chi connectivity index (χ0v) is 19.4. The standard InChI is InChI=1S/C26H28N4O4/c1-3-23(31)27-21-11-6-9-19(16-21)25-28-26(34-29-25)20-10-7-15-30(17-20)24(32)14-13-18-8-4-5-12-22(18)33-2/h4-6,8-9,11-14,16,20H,3,7,10,15,17H2,1-2H3,(H,27,31). The highest BCUT2D eigenvalue weighted by molar-refractivity contribution is 5.92. The molecule has 176 valence electrons. The summed E-state index contributed by atoms with van der Waals surface area (Å²) >= 11 is 0. The Balaban J connectivity index is 1.43. The van der Waals surface area contributed by atoms with Crippen molar-refractivity contribution in [2.24, 2.45) is 0 Å². The first kappa shape index (κ1) is 23.2. The zero-order chi connectivity index (χ0) is 23.9. The molecule has 1 aliphatic heterocycles. The quantitative estimate of drug-likeness (QED) is 0.521. The Bertz CT molecular complexity index is 1190. The molecule has 0 radical (unpaired) electrons. The van der Waals surface area contributed by atoms with E-state index in [1.54, 1.807) is 26.2 Å². The van der Waals surface area contributed by atoms with Crippen molar-refractivity contribution in [1.82, 2.24) is 15.0 Å². The maximum absolute atomic E-state index is 12.8. The second-order valence-corrected chi connectivity index (χ2v) is 8.14. The van der Waals surface area contributed by atoms with E-state index in [2.05, 4.69) is 15.5 Å². The number of hydrogen-bond acceptors (Lipinski definition) is 6. The molecule has 8 nitrogen and oxygen atoms in total. The number of aromatic nitrogens is 2. The topological polar surface area (TPSA) is 97.6 Å². The molecule has 0 bridgehead atoms. The highest BCUT2D eigenvalue weighted by Gasteiger charge is 2.28. The van der Waals surface area contributed by atoms with Crippen LogP contribution in [0.25, 0.3) is 17.5 Å². The summed E-state index contributed by atoms with van der Waals surface area (Å²) in [7, 11) is 1.61. The third-order valence-electron chi connectivity index (χ3n) is 5.79. The monoisotopic (exact) mass is 460 g/mol. The average molecular weight is 461 g/mol. The molecule has 1 aliphatic rings. The lowest BCUT2D eigenvalue weighted by Gasteiger charge is -2.30. The van der Waals surface area contributed by atoms with Crippen LogP contribution in [0, 0.1) is 0 Å². The number of rotatable bonds is 7. The lowest BCUT2D eigenvalue weighted by atomic mass is 9.98. The van der Waals surface area contributed by atoms with Crippen LogP contribution in [0.15, 0.2) is 59.1 Å². The number of hydrogen-bond donors (Lipinski definition) is 1. The number of nitrogens with zero attached hydrogens (tertiary/aromatic N) is 3. The predicted octanol–water partition coefficient (Wildman–Crippen LogP) is 4.51. The zero-order valence-electron chi connectivity index (χ0n) is 19.4. The van der Waals surface area contributed by atoms with Gasteiger partial charge in [-0.2, -0.15) is 4.98 Å². The van der Waals surface area contributed by atoms with Crippen molar-refractivity contribution in [2.75, 3.05) is 25.5 Å². The van der Waals surface area contributed by atoms with Crippen molar-refractivity contribution in [3.8, 4) is 17.1 Å². The van der Waals surface area contributed by atoms with Gasteiger partial charge in [-0.25, -0.2) is 0 Å². The van der Waals surface area contributed by atoms with Gasteiger partial charge < -0.3 is 19.5 Å². The number of anilines is 1. The minimum Gasteiger partial charge on any atom is -0.496 e. The van der Waals surface area contributed by atoms with E-state index >= 15 is 0 Å². The SMILES string of the molecule is CCC(=O)Nc1cccc(-c2noc(C3CCCN(C(=O)C=Cc4ccccc4OC)C3)n2)c1. The van der Waals surface area contributed by atoms with Crippen molar-refractivity contribution in [1.29, 1.82) is 0 Å². The van der Waals surface area contributed by atoms with E-state index in [0.29, 0.717) is 36.9 Å². The summed E-state index contributed by atoms with van der Waals surface area (Å²) in [5, 5.41) is 6.97. The van der Waals surface area contributed by atoms with Crippen LogP contribution in [0.3, 0.4) is 0 Å². The van der Waals surface area contributed by atoms with Crippen molar-refractivity contribution in [3.05, 3.63) is 66.1 Å². The maximum Gasteiger partial charge on any atom is 0.246 e. The molecule has 8 heteroatoms. The molecule has 1 unspecified atom stereocenters. The van der Waals surface area contributed by atoms with Gasteiger partial charge in [0.1, 0.15) is 5.75 Å². The summed E-state index contributed by atoms with van der Waals surface area (Å²) < 4.78 is 10.9. The van der Waals surface area contributed by atoms with Crippen LogP contribution < -0.4 is 10.1 Å². The molecule has 0 spiro atoms. The summed E-state index contributed by atoms with van der Waals surface area (Å²) in [6, 6.07) is 14.9. The van der Waals surface area contributed by atoms with E-state index in [0.717, 1.165) is 29.7 Å². The van der Waals surface area contributed by atoms with Gasteiger partial charge >= 0.3 is 0 Å². The Morgan fingerprint density at radius 3 is 2.91 bits per heavy atom. The molecule has 3 aromatic rings. The number of para-hydroxylation sites is 1. The van der Waals surface area contributed by atoms with Crippen LogP contribution in [0.1, 0.15) is 43.6 Å². The number of ether oxygens (including phenoxy) is 1. The lowest BCUT2D eigenvalue weighted by Crippen LogP contribution is -2.38. The van der Waals surface area contributed by atoms with Gasteiger partial charge in [0.2, 0.25) is 23.5 Å². The predicted molar refractivity (Wildman–Crippen MR) is 129 cm³/mol. The Morgan fingerprint density at radius 1 is 1.24 bits per heavy atom. The first-order chi connectivity index (χ1) is 16.6. The summed E-state index contributed by atoms with van der Waals surface area (Å²) in [5.74, 6) is 1.56. The third-order valence-corrected chi connectivity index (χ3v) is 5.79. The molecule has 2 heterocycles. The molecule has 4 rings (SSSR count). The number of carbonyl (C=O) groups is 2. The summed E-state index contributed by atoms with van der Waals surface area (Å²) in [6.45, 7) is 3.01. The molecule has 0 saturated carbocycles. The molecule has 1 fully saturated rings. The van der Waals surface area contributed by atoms with E-state index in [4.69, 9.17) is 9.26 Å². The number of methoxy groups -OCH3 is 1. The van der Waals surface area contributed by atoms with E-state index in [-0.39, 0.29) is 17.7 Å². The number of carbonyl (C=O) groups excluding carboxylic acids is 2. The van der Waals surface area contributed by atoms with Crippen LogP contribution in [0.5, 0.6) is 5.75 Å². The summed E-state index contributed by atoms with van der Waals surface area (Å²) in [6.07, 6.45) is 5.49. The fraction of sp³-hybridized carbons (Fsp3) is 0.308. The summed E-state index contributed by atoms with van der Waals surface area (Å²) in [5.41, 5.74) is 2.30. The van der Waals surface area contributed by atoms with Crippen molar-refractivity contribution >= 4 is 23.6 Å². The third kappa shape index (κ3) is 5.51. The van der Waals surface area contributed by atoms with E-state index < -0.39 is 0 Å². The number of likely N-dealkylation sites (tertiary alicyclic amines) is 1. The van der Waals surface area contributed by atoms with Crippen LogP contribution >= 0.6 is 0 Å². The Kier molecular flexibility index (Phi) is 7.37. The van der Waals surface area contributed by atoms with Gasteiger partial charge in [-0.3, -0.25) is 9.59 Å². The van der Waals surface area contributed by atoms with Gasteiger partial charge in [0, 0.05) is 42.4 Å². The number of piperidine rings is 1. The van der Waals surface area contributed by atoms with Crippen LogP contribution in [-0.2, 0) is 9.59 Å². The molecule has 1 aromatic heterocycles. The first-order valence-electron chi connectivity index (χ1n) is 11.4. The fourth-order valence-electron chi connectivity index (χ4n) is 3.95. The fourth-order valence-corrected chi connectivity index (χ4v) is 3.95. The van der Waals surface area contributed by atoms with Gasteiger partial charge in [0.15, 0.2) is 0 Å². The van der Waals surface area contributed by atoms with Gasteiger partial charge in [0.05, 0.1) is 13.0 Å². The van der Waals surface area contributed by atoms with Crippen molar-refractivity contribution < 1.29 is 18.8 Å². The second kappa shape index (κ2) is 10.8. The highest BCUT2D eigenvalue weighted by Crippen LogP contribution is 2.29. The molecular weight excluding hydrogens is 432 g/mol. The van der Waals surface area contributed by atoms with Gasteiger partial charge in [-0.15, -0.1) is 0 Å². The van der Waals surface area contributed by atoms with Crippen molar-refractivity contribution in [2.45, 2.75) is 32.1 Å². The molecule has 1 saturated heterocycles. The lowest BCUT2D eigenvalue weighted by molar-refractivity contribution is -0.127. The van der Waals surface area contributed by atoms with Crippen LogP contribution in [0.4, 0.5) is 5.69 Å². The molecule has 1 N–H and O–H groups in total. The highest BCUT2D eigenvalue weighted by atomic mass is 16.5. The van der Waals surface area contributed by atoms with E-state index in [1.807, 2.05) is 53.4 Å². The number of amides is 2. The molecule has 1 atom stereocenters. The molecule has 34 heavy (non-hydrogen) atoms. The van der Waals surface area contributed by atoms with Gasteiger partial charge in [0.25, 0.3) is 0 Å². The minimum atomic E-state index is -0.0605. The molecule has 2 amide bonds. The van der Waals surface area contributed by atoms with Gasteiger partial charge in [-0.05, 0) is 37.1 Å². The normalized spacial score (nSPS) is 15.9.